The van der Waals surface area contributed by atoms with Gasteiger partial charge in [-0.1, -0.05) is 13.0 Å². The molecule has 21 heavy (non-hydrogen) atoms. The molecule has 1 amide bonds. The van der Waals surface area contributed by atoms with Crippen LogP contribution in [0.15, 0.2) is 17.5 Å². The minimum atomic E-state index is 0. The average Bonchev–Trinajstić information content (AvgIpc) is 2.90. The number of carbonyl (C=O) groups is 1. The molecule has 0 aromatic carbocycles. The Labute approximate surface area is 137 Å². The molecule has 3 nitrogen and oxygen atoms in total. The number of nitrogens with one attached hydrogen (secondary N) is 2. The highest BCUT2D eigenvalue weighted by atomic mass is 35.5. The largest absolute Gasteiger partial charge is 0.356 e. The first-order chi connectivity index (χ1) is 9.70. The molecule has 1 spiro atoms. The third kappa shape index (κ3) is 3.99. The second-order valence-corrected chi connectivity index (χ2v) is 7.54. The second kappa shape index (κ2) is 7.12. The molecule has 1 aromatic rings. The zero-order chi connectivity index (χ0) is 14.0. The standard InChI is InChI=1S/C16H24N2OS.ClH/c1-12(9-13-3-2-8-20-13)11-18-15(19)14-10-16(14)4-6-17-7-5-16;/h2-3,8,12,14,17H,4-7,9-11H2,1H3,(H,18,19);1H. The number of halogens is 1. The molecule has 0 radical (unpaired) electrons. The quantitative estimate of drug-likeness (QED) is 0.872. The van der Waals surface area contributed by atoms with Gasteiger partial charge in [-0.25, -0.2) is 0 Å². The summed E-state index contributed by atoms with van der Waals surface area (Å²) in [6.07, 6.45) is 4.53. The smallest absolute Gasteiger partial charge is 0.223 e. The van der Waals surface area contributed by atoms with Gasteiger partial charge in [-0.05, 0) is 61.6 Å². The fourth-order valence-corrected chi connectivity index (χ4v) is 4.31. The van der Waals surface area contributed by atoms with Crippen LogP contribution in [0, 0.1) is 17.3 Å². The first kappa shape index (κ1) is 16.8. The van der Waals surface area contributed by atoms with Crippen LogP contribution in [0.25, 0.3) is 0 Å². The van der Waals surface area contributed by atoms with Crippen molar-refractivity contribution < 1.29 is 4.79 Å². The van der Waals surface area contributed by atoms with Crippen molar-refractivity contribution >= 4 is 29.7 Å². The van der Waals surface area contributed by atoms with Gasteiger partial charge in [-0.2, -0.15) is 0 Å². The minimum Gasteiger partial charge on any atom is -0.356 e. The van der Waals surface area contributed by atoms with E-state index in [-0.39, 0.29) is 12.4 Å². The summed E-state index contributed by atoms with van der Waals surface area (Å²) < 4.78 is 0. The molecule has 5 heteroatoms. The summed E-state index contributed by atoms with van der Waals surface area (Å²) in [5, 5.41) is 8.67. The maximum Gasteiger partial charge on any atom is 0.223 e. The summed E-state index contributed by atoms with van der Waals surface area (Å²) >= 11 is 1.80. The van der Waals surface area contributed by atoms with Crippen LogP contribution in [-0.4, -0.2) is 25.5 Å². The monoisotopic (exact) mass is 328 g/mol. The highest BCUT2D eigenvalue weighted by molar-refractivity contribution is 7.09. The van der Waals surface area contributed by atoms with Gasteiger partial charge in [0.15, 0.2) is 0 Å². The van der Waals surface area contributed by atoms with Crippen LogP contribution in [0.1, 0.15) is 31.1 Å². The highest BCUT2D eigenvalue weighted by Crippen LogP contribution is 2.58. The Hall–Kier alpha value is -0.580. The van der Waals surface area contributed by atoms with Crippen LogP contribution in [0.3, 0.4) is 0 Å². The predicted octanol–water partition coefficient (Wildman–Crippen LogP) is 2.85. The van der Waals surface area contributed by atoms with Gasteiger partial charge in [-0.3, -0.25) is 4.79 Å². The Kier molecular flexibility index (Phi) is 5.69. The lowest BCUT2D eigenvalue weighted by molar-refractivity contribution is -0.123. The first-order valence-corrected chi connectivity index (χ1v) is 8.58. The first-order valence-electron chi connectivity index (χ1n) is 7.70. The van der Waals surface area contributed by atoms with Gasteiger partial charge < -0.3 is 10.6 Å². The number of amides is 1. The second-order valence-electron chi connectivity index (χ2n) is 6.50. The van der Waals surface area contributed by atoms with Crippen molar-refractivity contribution in [3.05, 3.63) is 22.4 Å². The van der Waals surface area contributed by atoms with Gasteiger partial charge in [-0.15, -0.1) is 23.7 Å². The number of piperidine rings is 1. The number of thiophene rings is 1. The van der Waals surface area contributed by atoms with E-state index in [1.165, 1.54) is 17.7 Å². The molecule has 1 aromatic heterocycles. The molecule has 2 aliphatic rings. The maximum atomic E-state index is 12.3. The SMILES string of the molecule is CC(CNC(=O)C1CC12CCNCC2)Cc1cccs1.Cl. The van der Waals surface area contributed by atoms with Gasteiger partial charge in [0.05, 0.1) is 0 Å². The van der Waals surface area contributed by atoms with E-state index < -0.39 is 0 Å². The molecule has 2 N–H and O–H groups in total. The molecule has 2 unspecified atom stereocenters. The Balaban J connectivity index is 0.00000161. The molecule has 1 saturated heterocycles. The van der Waals surface area contributed by atoms with Gasteiger partial charge >= 0.3 is 0 Å². The topological polar surface area (TPSA) is 41.1 Å². The molecule has 1 aliphatic carbocycles. The molecular weight excluding hydrogens is 304 g/mol. The van der Waals surface area contributed by atoms with E-state index in [0.717, 1.165) is 32.5 Å². The molecule has 0 bridgehead atoms. The lowest BCUT2D eigenvalue weighted by atomic mass is 9.91. The normalized spacial score (nSPS) is 24.1. The van der Waals surface area contributed by atoms with E-state index >= 15 is 0 Å². The number of hydrogen-bond donors (Lipinski definition) is 2. The Bertz CT molecular complexity index is 457. The number of hydrogen-bond acceptors (Lipinski definition) is 3. The van der Waals surface area contributed by atoms with E-state index in [1.807, 2.05) is 0 Å². The molecule has 2 atom stereocenters. The van der Waals surface area contributed by atoms with Crippen LogP contribution in [0.2, 0.25) is 0 Å². The van der Waals surface area contributed by atoms with E-state index in [1.54, 1.807) is 11.3 Å². The van der Waals surface area contributed by atoms with Crippen LogP contribution in [-0.2, 0) is 11.2 Å². The van der Waals surface area contributed by atoms with Crippen molar-refractivity contribution in [3.8, 4) is 0 Å². The molecule has 3 rings (SSSR count). The summed E-state index contributed by atoms with van der Waals surface area (Å²) in [6, 6.07) is 4.27. The Morgan fingerprint density at radius 2 is 2.29 bits per heavy atom. The summed E-state index contributed by atoms with van der Waals surface area (Å²) in [5.41, 5.74) is 0.353. The number of carbonyl (C=O) groups excluding carboxylic acids is 1. The average molecular weight is 329 g/mol. The Morgan fingerprint density at radius 3 is 2.95 bits per heavy atom. The zero-order valence-corrected chi connectivity index (χ0v) is 14.2. The molecule has 1 saturated carbocycles. The maximum absolute atomic E-state index is 12.3. The molecular formula is C16H25ClN2OS. The van der Waals surface area contributed by atoms with Crippen LogP contribution in [0.5, 0.6) is 0 Å². The van der Waals surface area contributed by atoms with Crippen molar-refractivity contribution in [2.24, 2.45) is 17.3 Å². The van der Waals surface area contributed by atoms with E-state index in [9.17, 15) is 4.79 Å². The lowest BCUT2D eigenvalue weighted by Crippen LogP contribution is -2.35. The third-order valence-electron chi connectivity index (χ3n) is 4.86. The fourth-order valence-electron chi connectivity index (χ4n) is 3.44. The van der Waals surface area contributed by atoms with Crippen LogP contribution < -0.4 is 10.6 Å². The van der Waals surface area contributed by atoms with Crippen LogP contribution >= 0.6 is 23.7 Å². The highest BCUT2D eigenvalue weighted by Gasteiger charge is 2.57. The van der Waals surface area contributed by atoms with E-state index in [0.29, 0.717) is 23.2 Å². The third-order valence-corrected chi connectivity index (χ3v) is 5.76. The summed E-state index contributed by atoms with van der Waals surface area (Å²) in [5.74, 6) is 1.10. The van der Waals surface area contributed by atoms with Gasteiger partial charge in [0.1, 0.15) is 0 Å². The summed E-state index contributed by atoms with van der Waals surface area (Å²) in [7, 11) is 0. The Morgan fingerprint density at radius 1 is 1.52 bits per heavy atom. The number of rotatable bonds is 5. The van der Waals surface area contributed by atoms with Crippen molar-refractivity contribution in [1.29, 1.82) is 0 Å². The fraction of sp³-hybridized carbons (Fsp3) is 0.688. The van der Waals surface area contributed by atoms with Crippen molar-refractivity contribution in [1.82, 2.24) is 10.6 Å². The molecule has 2 fully saturated rings. The van der Waals surface area contributed by atoms with Crippen molar-refractivity contribution in [3.63, 3.8) is 0 Å². The van der Waals surface area contributed by atoms with Crippen LogP contribution in [0.4, 0.5) is 0 Å². The zero-order valence-electron chi connectivity index (χ0n) is 12.6. The minimum absolute atomic E-state index is 0. The summed E-state index contributed by atoms with van der Waals surface area (Å²) in [4.78, 5) is 13.7. The molecule has 2 heterocycles. The van der Waals surface area contributed by atoms with Gasteiger partial charge in [0, 0.05) is 17.3 Å². The van der Waals surface area contributed by atoms with E-state index in [4.69, 9.17) is 0 Å². The van der Waals surface area contributed by atoms with Gasteiger partial charge in [0.2, 0.25) is 5.91 Å². The van der Waals surface area contributed by atoms with Gasteiger partial charge in [0.25, 0.3) is 0 Å². The summed E-state index contributed by atoms with van der Waals surface area (Å²) in [6.45, 7) is 5.19. The van der Waals surface area contributed by atoms with Crippen molar-refractivity contribution in [2.45, 2.75) is 32.6 Å². The predicted molar refractivity (Wildman–Crippen MR) is 90.1 cm³/mol. The molecule has 1 aliphatic heterocycles. The lowest BCUT2D eigenvalue weighted by Gasteiger charge is -2.23. The van der Waals surface area contributed by atoms with E-state index in [2.05, 4.69) is 35.1 Å². The molecule has 118 valence electrons. The van der Waals surface area contributed by atoms with Crippen molar-refractivity contribution in [2.75, 3.05) is 19.6 Å².